The molecule has 1 heterocycles. The van der Waals surface area contributed by atoms with Crippen LogP contribution in [0.25, 0.3) is 0 Å². The minimum absolute atomic E-state index is 0.253. The van der Waals surface area contributed by atoms with Crippen LogP contribution in [-0.2, 0) is 16.1 Å². The number of hydrogen-bond acceptors (Lipinski definition) is 3. The molecule has 0 saturated carbocycles. The third kappa shape index (κ3) is 3.25. The fraction of sp³-hybridized carbons (Fsp3) is 0.154. The van der Waals surface area contributed by atoms with Crippen molar-refractivity contribution in [3.8, 4) is 0 Å². The SMILES string of the molecule is CC(=O)C(=O)Nc1ccn(Cc2ccccc2F)n1. The Morgan fingerprint density at radius 2 is 2.05 bits per heavy atom. The van der Waals surface area contributed by atoms with E-state index < -0.39 is 11.7 Å². The van der Waals surface area contributed by atoms with Crippen LogP contribution in [0.15, 0.2) is 36.5 Å². The number of aromatic nitrogens is 2. The molecule has 1 aromatic heterocycles. The second-order valence-electron chi connectivity index (χ2n) is 4.00. The van der Waals surface area contributed by atoms with E-state index in [0.717, 1.165) is 0 Å². The molecule has 19 heavy (non-hydrogen) atoms. The Morgan fingerprint density at radius 3 is 2.74 bits per heavy atom. The van der Waals surface area contributed by atoms with Crippen LogP contribution in [0.3, 0.4) is 0 Å². The molecule has 98 valence electrons. The molecule has 0 spiro atoms. The van der Waals surface area contributed by atoms with Gasteiger partial charge in [-0.05, 0) is 6.07 Å². The topological polar surface area (TPSA) is 64.0 Å². The highest BCUT2D eigenvalue weighted by Crippen LogP contribution is 2.10. The summed E-state index contributed by atoms with van der Waals surface area (Å²) in [6.07, 6.45) is 1.60. The molecule has 0 aliphatic carbocycles. The second-order valence-corrected chi connectivity index (χ2v) is 4.00. The van der Waals surface area contributed by atoms with Crippen molar-refractivity contribution in [2.45, 2.75) is 13.5 Å². The fourth-order valence-electron chi connectivity index (χ4n) is 1.52. The normalized spacial score (nSPS) is 10.2. The van der Waals surface area contributed by atoms with Gasteiger partial charge in [0.2, 0.25) is 5.78 Å². The number of nitrogens with zero attached hydrogens (tertiary/aromatic N) is 2. The van der Waals surface area contributed by atoms with Gasteiger partial charge in [0.05, 0.1) is 6.54 Å². The molecule has 0 bridgehead atoms. The third-order valence-corrected chi connectivity index (χ3v) is 2.49. The molecular weight excluding hydrogens is 249 g/mol. The van der Waals surface area contributed by atoms with Crippen LogP contribution in [0.1, 0.15) is 12.5 Å². The summed E-state index contributed by atoms with van der Waals surface area (Å²) in [6, 6.07) is 7.92. The van der Waals surface area contributed by atoms with Crippen LogP contribution in [-0.4, -0.2) is 21.5 Å². The van der Waals surface area contributed by atoms with Crippen LogP contribution < -0.4 is 5.32 Å². The van der Waals surface area contributed by atoms with E-state index in [1.807, 2.05) is 0 Å². The zero-order valence-electron chi connectivity index (χ0n) is 10.3. The van der Waals surface area contributed by atoms with Crippen molar-refractivity contribution in [3.63, 3.8) is 0 Å². The average molecular weight is 261 g/mol. The number of carbonyl (C=O) groups excluding carboxylic acids is 2. The molecular formula is C13H12FN3O2. The molecule has 5 nitrogen and oxygen atoms in total. The van der Waals surface area contributed by atoms with E-state index in [4.69, 9.17) is 0 Å². The number of Topliss-reactive ketones (excluding diaryl/α,β-unsaturated/α-hetero) is 1. The van der Waals surface area contributed by atoms with Crippen molar-refractivity contribution < 1.29 is 14.0 Å². The van der Waals surface area contributed by atoms with E-state index in [2.05, 4.69) is 10.4 Å². The Bertz CT molecular complexity index is 622. The molecule has 0 aliphatic heterocycles. The maximum atomic E-state index is 13.4. The minimum Gasteiger partial charge on any atom is -0.303 e. The first-order valence-electron chi connectivity index (χ1n) is 5.65. The van der Waals surface area contributed by atoms with Gasteiger partial charge in [-0.3, -0.25) is 14.3 Å². The van der Waals surface area contributed by atoms with Gasteiger partial charge in [-0.1, -0.05) is 18.2 Å². The first kappa shape index (κ1) is 12.9. The molecule has 1 N–H and O–H groups in total. The first-order chi connectivity index (χ1) is 9.06. The Hall–Kier alpha value is -2.50. The van der Waals surface area contributed by atoms with Crippen LogP contribution >= 0.6 is 0 Å². The van der Waals surface area contributed by atoms with Crippen molar-refractivity contribution >= 4 is 17.5 Å². The highest BCUT2D eigenvalue weighted by molar-refractivity contribution is 6.39. The molecule has 1 aromatic carbocycles. The number of carbonyl (C=O) groups is 2. The Balaban J connectivity index is 2.08. The molecule has 0 unspecified atom stereocenters. The van der Waals surface area contributed by atoms with Crippen molar-refractivity contribution in [2.75, 3.05) is 5.32 Å². The van der Waals surface area contributed by atoms with Gasteiger partial charge in [-0.25, -0.2) is 4.39 Å². The summed E-state index contributed by atoms with van der Waals surface area (Å²) in [6.45, 7) is 1.42. The van der Waals surface area contributed by atoms with E-state index in [9.17, 15) is 14.0 Å². The molecule has 2 rings (SSSR count). The lowest BCUT2D eigenvalue weighted by Gasteiger charge is -2.03. The number of nitrogens with one attached hydrogen (secondary N) is 1. The lowest BCUT2D eigenvalue weighted by Crippen LogP contribution is -2.20. The molecule has 0 aliphatic rings. The smallest absolute Gasteiger partial charge is 0.292 e. The summed E-state index contributed by atoms with van der Waals surface area (Å²) >= 11 is 0. The second kappa shape index (κ2) is 5.43. The summed E-state index contributed by atoms with van der Waals surface area (Å²) in [5, 5.41) is 6.38. The maximum absolute atomic E-state index is 13.4. The Kier molecular flexibility index (Phi) is 3.70. The van der Waals surface area contributed by atoms with Crippen LogP contribution in [0.5, 0.6) is 0 Å². The molecule has 0 atom stereocenters. The fourth-order valence-corrected chi connectivity index (χ4v) is 1.52. The first-order valence-corrected chi connectivity index (χ1v) is 5.65. The molecule has 0 saturated heterocycles. The number of rotatable bonds is 4. The summed E-state index contributed by atoms with van der Waals surface area (Å²) in [5.74, 6) is -1.37. The van der Waals surface area contributed by atoms with Crippen molar-refractivity contribution in [1.29, 1.82) is 0 Å². The number of hydrogen-bond donors (Lipinski definition) is 1. The van der Waals surface area contributed by atoms with Gasteiger partial charge in [0.1, 0.15) is 5.82 Å². The summed E-state index contributed by atoms with van der Waals surface area (Å²) in [7, 11) is 0. The molecule has 0 radical (unpaired) electrons. The highest BCUT2D eigenvalue weighted by Gasteiger charge is 2.10. The molecule has 0 fully saturated rings. The van der Waals surface area contributed by atoms with E-state index >= 15 is 0 Å². The van der Waals surface area contributed by atoms with E-state index in [-0.39, 0.29) is 18.2 Å². The molecule has 6 heteroatoms. The van der Waals surface area contributed by atoms with Crippen molar-refractivity contribution in [2.24, 2.45) is 0 Å². The standard InChI is InChI=1S/C13H12FN3O2/c1-9(18)13(19)15-12-6-7-17(16-12)8-10-4-2-3-5-11(10)14/h2-7H,8H2,1H3,(H,15,16,19). The quantitative estimate of drug-likeness (QED) is 0.850. The molecule has 2 aromatic rings. The van der Waals surface area contributed by atoms with Crippen molar-refractivity contribution in [1.82, 2.24) is 9.78 Å². The minimum atomic E-state index is -0.726. The van der Waals surface area contributed by atoms with Gasteiger partial charge in [-0.15, -0.1) is 0 Å². The predicted octanol–water partition coefficient (Wildman–Crippen LogP) is 1.60. The van der Waals surface area contributed by atoms with Gasteiger partial charge in [-0.2, -0.15) is 5.10 Å². The lowest BCUT2D eigenvalue weighted by molar-refractivity contribution is -0.133. The van der Waals surface area contributed by atoms with Crippen LogP contribution in [0.2, 0.25) is 0 Å². The molecule has 1 amide bonds. The predicted molar refractivity (Wildman–Crippen MR) is 67.0 cm³/mol. The maximum Gasteiger partial charge on any atom is 0.292 e. The third-order valence-electron chi connectivity index (χ3n) is 2.49. The average Bonchev–Trinajstić information content (AvgIpc) is 2.79. The summed E-state index contributed by atoms with van der Waals surface area (Å²) in [4.78, 5) is 22.0. The van der Waals surface area contributed by atoms with Gasteiger partial charge in [0, 0.05) is 24.8 Å². The van der Waals surface area contributed by atoms with E-state index in [0.29, 0.717) is 5.56 Å². The van der Waals surface area contributed by atoms with Gasteiger partial charge in [0.25, 0.3) is 5.91 Å². The lowest BCUT2D eigenvalue weighted by atomic mass is 10.2. The van der Waals surface area contributed by atoms with Crippen LogP contribution in [0, 0.1) is 5.82 Å². The largest absolute Gasteiger partial charge is 0.303 e. The van der Waals surface area contributed by atoms with Gasteiger partial charge in [0.15, 0.2) is 5.82 Å². The number of amides is 1. The summed E-state index contributed by atoms with van der Waals surface area (Å²) in [5.41, 5.74) is 0.495. The highest BCUT2D eigenvalue weighted by atomic mass is 19.1. The Labute approximate surface area is 109 Å². The van der Waals surface area contributed by atoms with E-state index in [1.54, 1.807) is 30.5 Å². The summed E-state index contributed by atoms with van der Waals surface area (Å²) < 4.78 is 14.9. The zero-order valence-corrected chi connectivity index (χ0v) is 10.3. The zero-order chi connectivity index (χ0) is 13.8. The van der Waals surface area contributed by atoms with Crippen molar-refractivity contribution in [3.05, 3.63) is 47.9 Å². The van der Waals surface area contributed by atoms with Crippen LogP contribution in [0.4, 0.5) is 10.2 Å². The van der Waals surface area contributed by atoms with E-state index in [1.165, 1.54) is 17.7 Å². The van der Waals surface area contributed by atoms with Gasteiger partial charge >= 0.3 is 0 Å². The number of benzene rings is 1. The van der Waals surface area contributed by atoms with Gasteiger partial charge < -0.3 is 5.32 Å². The monoisotopic (exact) mass is 261 g/mol. The number of ketones is 1. The number of anilines is 1. The Morgan fingerprint density at radius 1 is 1.32 bits per heavy atom. The number of halogens is 1.